The Labute approximate surface area is 93.6 Å². The monoisotopic (exact) mass is 221 g/mol. The van der Waals surface area contributed by atoms with Gasteiger partial charge in [-0.05, 0) is 31.5 Å². The Morgan fingerprint density at radius 2 is 2.38 bits per heavy atom. The number of furan rings is 1. The lowest BCUT2D eigenvalue weighted by molar-refractivity contribution is 0.351. The smallest absolute Gasteiger partial charge is 0.238 e. The van der Waals surface area contributed by atoms with Gasteiger partial charge >= 0.3 is 0 Å². The molecular formula is C11H15N3O2. The van der Waals surface area contributed by atoms with E-state index in [0.29, 0.717) is 24.0 Å². The summed E-state index contributed by atoms with van der Waals surface area (Å²) in [4.78, 5) is 4.29. The fourth-order valence-electron chi connectivity index (χ4n) is 1.49. The molecule has 5 nitrogen and oxygen atoms in total. The van der Waals surface area contributed by atoms with Gasteiger partial charge in [0.2, 0.25) is 11.7 Å². The van der Waals surface area contributed by atoms with E-state index in [2.05, 4.69) is 17.1 Å². The van der Waals surface area contributed by atoms with E-state index in [1.165, 1.54) is 0 Å². The first-order chi connectivity index (χ1) is 7.81. The van der Waals surface area contributed by atoms with Crippen molar-refractivity contribution in [3.05, 3.63) is 24.3 Å². The summed E-state index contributed by atoms with van der Waals surface area (Å²) in [6.45, 7) is 2.73. The van der Waals surface area contributed by atoms with Gasteiger partial charge in [0.15, 0.2) is 5.76 Å². The van der Waals surface area contributed by atoms with Gasteiger partial charge in [-0.2, -0.15) is 4.98 Å². The Kier molecular flexibility index (Phi) is 3.36. The molecule has 2 heterocycles. The summed E-state index contributed by atoms with van der Waals surface area (Å²) in [5.41, 5.74) is 5.46. The van der Waals surface area contributed by atoms with Gasteiger partial charge in [-0.15, -0.1) is 0 Å². The molecule has 1 unspecified atom stereocenters. The summed E-state index contributed by atoms with van der Waals surface area (Å²) in [7, 11) is 0. The average molecular weight is 221 g/mol. The third kappa shape index (κ3) is 2.30. The van der Waals surface area contributed by atoms with Crippen LogP contribution in [0.1, 0.15) is 31.6 Å². The predicted molar refractivity (Wildman–Crippen MR) is 58.7 cm³/mol. The van der Waals surface area contributed by atoms with Crippen LogP contribution in [0.25, 0.3) is 11.6 Å². The summed E-state index contributed by atoms with van der Waals surface area (Å²) in [5, 5.41) is 3.88. The zero-order valence-corrected chi connectivity index (χ0v) is 9.22. The quantitative estimate of drug-likeness (QED) is 0.837. The molecule has 16 heavy (non-hydrogen) atoms. The van der Waals surface area contributed by atoms with E-state index in [9.17, 15) is 0 Å². The Balaban J connectivity index is 2.07. The van der Waals surface area contributed by atoms with Crippen LogP contribution in [0.4, 0.5) is 0 Å². The summed E-state index contributed by atoms with van der Waals surface area (Å²) in [5.74, 6) is 2.00. The lowest BCUT2D eigenvalue weighted by Gasteiger charge is -2.03. The van der Waals surface area contributed by atoms with E-state index in [1.54, 1.807) is 18.4 Å². The fraction of sp³-hybridized carbons (Fsp3) is 0.455. The molecule has 0 saturated heterocycles. The third-order valence-electron chi connectivity index (χ3n) is 2.45. The molecule has 1 atom stereocenters. The molecule has 0 bridgehead atoms. The number of nitrogens with two attached hydrogens (primary N) is 1. The second-order valence-corrected chi connectivity index (χ2v) is 3.77. The topological polar surface area (TPSA) is 78.1 Å². The van der Waals surface area contributed by atoms with Crippen molar-refractivity contribution in [3.8, 4) is 11.6 Å². The van der Waals surface area contributed by atoms with Gasteiger partial charge in [0.1, 0.15) is 0 Å². The molecule has 2 aromatic heterocycles. The number of rotatable bonds is 5. The molecular weight excluding hydrogens is 206 g/mol. The highest BCUT2D eigenvalue weighted by molar-refractivity contribution is 5.44. The summed E-state index contributed by atoms with van der Waals surface area (Å²) >= 11 is 0. The molecule has 5 heteroatoms. The molecule has 0 aliphatic heterocycles. The number of nitrogens with zero attached hydrogens (tertiary/aromatic N) is 2. The number of aromatic nitrogens is 2. The molecule has 0 radical (unpaired) electrons. The fourth-order valence-corrected chi connectivity index (χ4v) is 1.49. The van der Waals surface area contributed by atoms with Crippen molar-refractivity contribution in [1.29, 1.82) is 0 Å². The Morgan fingerprint density at radius 3 is 3.06 bits per heavy atom. The molecule has 0 fully saturated rings. The number of hydrogen-bond donors (Lipinski definition) is 1. The van der Waals surface area contributed by atoms with Gasteiger partial charge < -0.3 is 14.7 Å². The van der Waals surface area contributed by atoms with Gasteiger partial charge in [-0.25, -0.2) is 0 Å². The van der Waals surface area contributed by atoms with Gasteiger partial charge in [-0.1, -0.05) is 12.1 Å². The van der Waals surface area contributed by atoms with Crippen LogP contribution >= 0.6 is 0 Å². The van der Waals surface area contributed by atoms with Gasteiger partial charge in [0, 0.05) is 5.92 Å². The lowest BCUT2D eigenvalue weighted by atomic mass is 10.1. The Morgan fingerprint density at radius 1 is 1.50 bits per heavy atom. The van der Waals surface area contributed by atoms with E-state index in [1.807, 2.05) is 0 Å². The first-order valence-electron chi connectivity index (χ1n) is 5.39. The van der Waals surface area contributed by atoms with Crippen LogP contribution in [0.3, 0.4) is 0 Å². The van der Waals surface area contributed by atoms with Gasteiger partial charge in [0.05, 0.1) is 6.26 Å². The van der Waals surface area contributed by atoms with Crippen LogP contribution in [-0.2, 0) is 0 Å². The van der Waals surface area contributed by atoms with Crippen LogP contribution in [0.15, 0.2) is 27.3 Å². The van der Waals surface area contributed by atoms with Crippen LogP contribution in [0.5, 0.6) is 0 Å². The largest absolute Gasteiger partial charge is 0.461 e. The van der Waals surface area contributed by atoms with Crippen LogP contribution in [0.2, 0.25) is 0 Å². The summed E-state index contributed by atoms with van der Waals surface area (Å²) in [6.07, 6.45) is 3.50. The van der Waals surface area contributed by atoms with Crippen molar-refractivity contribution in [2.45, 2.75) is 25.7 Å². The second kappa shape index (κ2) is 4.94. The minimum atomic E-state index is 0.236. The van der Waals surface area contributed by atoms with E-state index < -0.39 is 0 Å². The van der Waals surface area contributed by atoms with Gasteiger partial charge in [-0.3, -0.25) is 0 Å². The molecule has 0 aliphatic carbocycles. The maximum atomic E-state index is 5.46. The van der Waals surface area contributed by atoms with Crippen molar-refractivity contribution in [1.82, 2.24) is 10.1 Å². The van der Waals surface area contributed by atoms with Crippen molar-refractivity contribution in [2.75, 3.05) is 6.54 Å². The Bertz CT molecular complexity index is 422. The molecule has 2 N–H and O–H groups in total. The first-order valence-corrected chi connectivity index (χ1v) is 5.39. The molecule has 0 aromatic carbocycles. The molecule has 0 saturated carbocycles. The van der Waals surface area contributed by atoms with Crippen LogP contribution in [0, 0.1) is 0 Å². The van der Waals surface area contributed by atoms with E-state index in [-0.39, 0.29) is 5.92 Å². The third-order valence-corrected chi connectivity index (χ3v) is 2.45. The lowest BCUT2D eigenvalue weighted by Crippen LogP contribution is -2.02. The minimum absolute atomic E-state index is 0.236. The summed E-state index contributed by atoms with van der Waals surface area (Å²) in [6, 6.07) is 3.60. The molecule has 0 aliphatic rings. The minimum Gasteiger partial charge on any atom is -0.461 e. The average Bonchev–Trinajstić information content (AvgIpc) is 2.94. The van der Waals surface area contributed by atoms with Crippen molar-refractivity contribution in [3.63, 3.8) is 0 Å². The molecule has 86 valence electrons. The van der Waals surface area contributed by atoms with E-state index in [4.69, 9.17) is 14.7 Å². The van der Waals surface area contributed by atoms with Gasteiger partial charge in [0.25, 0.3) is 0 Å². The van der Waals surface area contributed by atoms with E-state index >= 15 is 0 Å². The van der Waals surface area contributed by atoms with Crippen molar-refractivity contribution in [2.24, 2.45) is 5.73 Å². The molecule has 2 rings (SSSR count). The Hall–Kier alpha value is -1.62. The highest BCUT2D eigenvalue weighted by Crippen LogP contribution is 2.22. The van der Waals surface area contributed by atoms with Crippen LogP contribution < -0.4 is 5.73 Å². The molecule has 2 aromatic rings. The predicted octanol–water partition coefficient (Wildman–Crippen LogP) is 2.17. The highest BCUT2D eigenvalue weighted by atomic mass is 16.5. The maximum absolute atomic E-state index is 5.46. The number of hydrogen-bond acceptors (Lipinski definition) is 5. The molecule has 0 spiro atoms. The second-order valence-electron chi connectivity index (χ2n) is 3.77. The first kappa shape index (κ1) is 10.9. The normalized spacial score (nSPS) is 12.9. The molecule has 0 amide bonds. The summed E-state index contributed by atoms with van der Waals surface area (Å²) < 4.78 is 10.4. The van der Waals surface area contributed by atoms with E-state index in [0.717, 1.165) is 12.8 Å². The highest BCUT2D eigenvalue weighted by Gasteiger charge is 2.15. The zero-order valence-electron chi connectivity index (χ0n) is 9.22. The zero-order chi connectivity index (χ0) is 11.4. The van der Waals surface area contributed by atoms with Crippen LogP contribution in [-0.4, -0.2) is 16.7 Å². The standard InChI is InChI=1S/C11H15N3O2/c1-8(4-2-6-12)11-13-10(14-16-11)9-5-3-7-15-9/h3,5,7-8H,2,4,6,12H2,1H3. The maximum Gasteiger partial charge on any atom is 0.238 e. The SMILES string of the molecule is CC(CCCN)c1nc(-c2ccco2)no1. The van der Waals surface area contributed by atoms with Crippen molar-refractivity contribution >= 4 is 0 Å². The van der Waals surface area contributed by atoms with Crippen molar-refractivity contribution < 1.29 is 8.94 Å².